The Morgan fingerprint density at radius 1 is 0.911 bits per heavy atom. The average molecular weight is 660 g/mol. The van der Waals surface area contributed by atoms with Gasteiger partial charge in [0.15, 0.2) is 5.79 Å². The minimum Gasteiger partial charge on any atom is -0.507 e. The summed E-state index contributed by atoms with van der Waals surface area (Å²) in [4.78, 5) is 18.5. The maximum Gasteiger partial charge on any atom is 0.300 e. The predicted octanol–water partition coefficient (Wildman–Crippen LogP) is 5.29. The van der Waals surface area contributed by atoms with E-state index >= 15 is 0 Å². The van der Waals surface area contributed by atoms with Crippen LogP contribution in [0.3, 0.4) is 0 Å². The van der Waals surface area contributed by atoms with Gasteiger partial charge in [-0.2, -0.15) is 0 Å². The molecule has 0 aliphatic carbocycles. The molecule has 4 aromatic carbocycles. The van der Waals surface area contributed by atoms with Crippen LogP contribution in [-0.4, -0.2) is 83.8 Å². The molecule has 2 fully saturated rings. The second-order valence-corrected chi connectivity index (χ2v) is 11.1. The number of nitrogens with zero attached hydrogens (tertiary/aromatic N) is 2. The van der Waals surface area contributed by atoms with Gasteiger partial charge in [-0.05, 0) is 36.8 Å². The molecule has 6 rings (SSSR count). The van der Waals surface area contributed by atoms with Gasteiger partial charge < -0.3 is 34.3 Å². The molecular formula is C34H36CoN2O8. The number of ether oxygens (including phenoxy) is 4. The van der Waals surface area contributed by atoms with Crippen molar-refractivity contribution < 1.29 is 55.8 Å². The Morgan fingerprint density at radius 3 is 2.00 bits per heavy atom. The van der Waals surface area contributed by atoms with Gasteiger partial charge in [0.05, 0.1) is 13.2 Å². The number of carboxylic acid groups (broad SMARTS) is 1. The first kappa shape index (κ1) is 34.0. The minimum atomic E-state index is -1.28. The van der Waals surface area contributed by atoms with E-state index in [4.69, 9.17) is 33.8 Å². The topological polar surface area (TPSA) is 139 Å². The molecule has 4 atom stereocenters. The number of hydrogen-bond acceptors (Lipinski definition) is 9. The molecule has 2 saturated heterocycles. The van der Waals surface area contributed by atoms with E-state index < -0.39 is 29.7 Å². The molecule has 4 aromatic rings. The van der Waals surface area contributed by atoms with Gasteiger partial charge in [0.25, 0.3) is 5.97 Å². The maximum absolute atomic E-state index is 11.0. The van der Waals surface area contributed by atoms with Crippen LogP contribution in [0.15, 0.2) is 82.8 Å². The van der Waals surface area contributed by atoms with Gasteiger partial charge in [-0.1, -0.05) is 60.7 Å². The molecule has 0 saturated carbocycles. The van der Waals surface area contributed by atoms with Crippen LogP contribution in [0, 0.1) is 0 Å². The Bertz CT molecular complexity index is 1720. The summed E-state index contributed by atoms with van der Waals surface area (Å²) in [5.74, 6) is -1.35. The number of methoxy groups -OCH3 is 1. The number of phenolic OH excluding ortho intramolecular Hbond substituents is 2. The molecule has 3 N–H and O–H groups in total. The second-order valence-electron chi connectivity index (χ2n) is 11.1. The molecule has 0 spiro atoms. The van der Waals surface area contributed by atoms with Gasteiger partial charge in [0, 0.05) is 65.1 Å². The summed E-state index contributed by atoms with van der Waals surface area (Å²) in [6.07, 6.45) is 1.78. The number of aliphatic imine (C=N–C) groups is 2. The molecule has 0 aromatic heterocycles. The van der Waals surface area contributed by atoms with Crippen molar-refractivity contribution in [2.45, 2.75) is 50.6 Å². The summed E-state index contributed by atoms with van der Waals surface area (Å²) in [5, 5.41) is 32.6. The first-order chi connectivity index (χ1) is 21.0. The SMILES string of the molecule is CC(=O)O.COC1C2OC(C)(C)O[C@H]2COC1(CN=Cc1ccc2ccccc2c1O)/N=C/c1ccc2ccccc2c1O.[Co]. The minimum absolute atomic E-state index is 0. The molecule has 0 amide bonds. The molecular weight excluding hydrogens is 623 g/mol. The first-order valence-corrected chi connectivity index (χ1v) is 14.2. The number of benzene rings is 4. The third-order valence-electron chi connectivity index (χ3n) is 7.55. The third kappa shape index (κ3) is 7.36. The summed E-state index contributed by atoms with van der Waals surface area (Å²) in [6, 6.07) is 22.8. The van der Waals surface area contributed by atoms with E-state index in [9.17, 15) is 10.2 Å². The van der Waals surface area contributed by atoms with E-state index in [2.05, 4.69) is 4.99 Å². The van der Waals surface area contributed by atoms with Crippen LogP contribution in [0.1, 0.15) is 31.9 Å². The van der Waals surface area contributed by atoms with Crippen molar-refractivity contribution in [3.63, 3.8) is 0 Å². The number of hydrogen-bond donors (Lipinski definition) is 3. The quantitative estimate of drug-likeness (QED) is 0.237. The Labute approximate surface area is 271 Å². The standard InChI is InChI=1S/C32H32N2O6.C2H4O2.Co/c1-31(2)39-26-18-38-32(30(37-3)29(26)40-31,34-17-23-15-13-21-9-5-7-11-25(21)28(23)36)19-33-16-22-14-12-20-8-4-6-10-24(20)27(22)35;1-2(3)4;/h4-17,26,29-30,35-36H,18-19H2,1-3H3;1H3,(H,3,4);/b33-16?,34-17+;;/t26-,29?,30?,32?;;/m0../s1. The van der Waals surface area contributed by atoms with Gasteiger partial charge in [0.2, 0.25) is 5.72 Å². The fraction of sp³-hybridized carbons (Fsp3) is 0.324. The number of fused-ring (bicyclic) bond motifs is 3. The molecule has 45 heavy (non-hydrogen) atoms. The van der Waals surface area contributed by atoms with Crippen LogP contribution in [-0.2, 0) is 40.5 Å². The zero-order valence-electron chi connectivity index (χ0n) is 25.3. The monoisotopic (exact) mass is 659 g/mol. The van der Waals surface area contributed by atoms with E-state index in [0.29, 0.717) is 11.1 Å². The Kier molecular flexibility index (Phi) is 10.6. The largest absolute Gasteiger partial charge is 0.507 e. The number of rotatable bonds is 6. The summed E-state index contributed by atoms with van der Waals surface area (Å²) in [5.41, 5.74) is -0.159. The van der Waals surface area contributed by atoms with E-state index in [0.717, 1.165) is 28.5 Å². The van der Waals surface area contributed by atoms with Crippen LogP contribution in [0.25, 0.3) is 21.5 Å². The zero-order chi connectivity index (χ0) is 31.5. The predicted molar refractivity (Wildman–Crippen MR) is 168 cm³/mol. The van der Waals surface area contributed by atoms with Crippen molar-refractivity contribution in [1.82, 2.24) is 0 Å². The van der Waals surface area contributed by atoms with Crippen molar-refractivity contribution in [2.75, 3.05) is 20.3 Å². The van der Waals surface area contributed by atoms with Crippen LogP contribution >= 0.6 is 0 Å². The van der Waals surface area contributed by atoms with Crippen molar-refractivity contribution in [1.29, 1.82) is 0 Å². The Balaban J connectivity index is 0.000000871. The number of carboxylic acids is 1. The third-order valence-corrected chi connectivity index (χ3v) is 7.55. The van der Waals surface area contributed by atoms with E-state index in [-0.39, 0.29) is 47.5 Å². The van der Waals surface area contributed by atoms with Gasteiger partial charge in [-0.3, -0.25) is 14.8 Å². The number of carbonyl (C=O) groups is 1. The molecule has 11 heteroatoms. The fourth-order valence-electron chi connectivity index (χ4n) is 5.63. The van der Waals surface area contributed by atoms with Crippen LogP contribution in [0.2, 0.25) is 0 Å². The van der Waals surface area contributed by atoms with Crippen molar-refractivity contribution in [2.24, 2.45) is 9.98 Å². The maximum atomic E-state index is 11.0. The van der Waals surface area contributed by atoms with Gasteiger partial charge in [0.1, 0.15) is 29.8 Å². The van der Waals surface area contributed by atoms with Crippen LogP contribution < -0.4 is 0 Å². The number of phenols is 2. The van der Waals surface area contributed by atoms with Gasteiger partial charge >= 0.3 is 0 Å². The van der Waals surface area contributed by atoms with Crippen molar-refractivity contribution in [3.8, 4) is 11.5 Å². The normalized spacial score (nSPS) is 23.9. The molecule has 0 bridgehead atoms. The molecule has 10 nitrogen and oxygen atoms in total. The molecule has 239 valence electrons. The summed E-state index contributed by atoms with van der Waals surface area (Å²) < 4.78 is 24.6. The van der Waals surface area contributed by atoms with Crippen molar-refractivity contribution in [3.05, 3.63) is 83.9 Å². The van der Waals surface area contributed by atoms with Crippen LogP contribution in [0.5, 0.6) is 11.5 Å². The molecule has 2 aliphatic heterocycles. The van der Waals surface area contributed by atoms with E-state index in [1.165, 1.54) is 0 Å². The second kappa shape index (κ2) is 14.1. The van der Waals surface area contributed by atoms with Crippen LogP contribution in [0.4, 0.5) is 0 Å². The molecule has 2 aliphatic rings. The molecule has 2 heterocycles. The fourth-order valence-corrected chi connectivity index (χ4v) is 5.63. The first-order valence-electron chi connectivity index (χ1n) is 14.2. The Morgan fingerprint density at radius 2 is 1.44 bits per heavy atom. The summed E-state index contributed by atoms with van der Waals surface area (Å²) >= 11 is 0. The average Bonchev–Trinajstić information content (AvgIpc) is 3.31. The number of aliphatic carboxylic acids is 1. The summed E-state index contributed by atoms with van der Waals surface area (Å²) in [7, 11) is 1.59. The molecule has 1 radical (unpaired) electrons. The van der Waals surface area contributed by atoms with E-state index in [1.807, 2.05) is 86.6 Å². The van der Waals surface area contributed by atoms with Crippen molar-refractivity contribution >= 4 is 39.9 Å². The Hall–Kier alpha value is -3.84. The summed E-state index contributed by atoms with van der Waals surface area (Å²) in [6.45, 7) is 5.11. The van der Waals surface area contributed by atoms with E-state index in [1.54, 1.807) is 19.5 Å². The molecule has 3 unspecified atom stereocenters. The smallest absolute Gasteiger partial charge is 0.300 e. The number of aromatic hydroxyl groups is 2. The zero-order valence-corrected chi connectivity index (χ0v) is 26.4. The van der Waals surface area contributed by atoms with Gasteiger partial charge in [-0.25, -0.2) is 0 Å². The van der Waals surface area contributed by atoms with Gasteiger partial charge in [-0.15, -0.1) is 0 Å².